The maximum atomic E-state index is 9.99. The maximum absolute atomic E-state index is 9.99. The van der Waals surface area contributed by atoms with Gasteiger partial charge >= 0.3 is 0 Å². The van der Waals surface area contributed by atoms with Crippen molar-refractivity contribution in [1.82, 2.24) is 5.01 Å². The Kier molecular flexibility index (Phi) is 4.58. The van der Waals surface area contributed by atoms with Gasteiger partial charge in [-0.3, -0.25) is 5.01 Å². The molecule has 0 aliphatic rings. The van der Waals surface area contributed by atoms with Crippen molar-refractivity contribution in [1.29, 1.82) is 0 Å². The Labute approximate surface area is 65.0 Å². The highest BCUT2D eigenvalue weighted by molar-refractivity contribution is 6.25. The summed E-state index contributed by atoms with van der Waals surface area (Å²) < 4.78 is 0. The third-order valence-corrected chi connectivity index (χ3v) is 1.30. The Morgan fingerprint density at radius 2 is 2.50 bits per heavy atom. The molecule has 56 valence electrons. The fourth-order valence-corrected chi connectivity index (χ4v) is 0.553. The van der Waals surface area contributed by atoms with Gasteiger partial charge < -0.3 is 4.79 Å². The summed E-state index contributed by atoms with van der Waals surface area (Å²) in [5.41, 5.74) is 2.04. The molecule has 0 saturated heterocycles. The van der Waals surface area contributed by atoms with Crippen molar-refractivity contribution in [3.05, 3.63) is 11.2 Å². The van der Waals surface area contributed by atoms with Crippen molar-refractivity contribution in [3.63, 3.8) is 0 Å². The number of rotatable bonds is 4. The fraction of sp³-hybridized carbons (Fsp3) is 0.333. The van der Waals surface area contributed by atoms with E-state index in [1.807, 2.05) is 0 Å². The Morgan fingerprint density at radius 1 is 1.90 bits per heavy atom. The molecule has 0 heterocycles. The van der Waals surface area contributed by atoms with Crippen LogP contribution in [0.15, 0.2) is 16.3 Å². The Morgan fingerprint density at radius 3 is 2.80 bits per heavy atom. The number of hydrogen-bond acceptors (Lipinski definition) is 3. The summed E-state index contributed by atoms with van der Waals surface area (Å²) in [6.45, 7) is 5.20. The Hall–Kier alpha value is -0.830. The minimum atomic E-state index is 0.193. The van der Waals surface area contributed by atoms with Gasteiger partial charge in [-0.1, -0.05) is 11.6 Å². The van der Waals surface area contributed by atoms with Crippen LogP contribution in [0.25, 0.3) is 0 Å². The van der Waals surface area contributed by atoms with E-state index in [0.717, 1.165) is 6.29 Å². The summed E-state index contributed by atoms with van der Waals surface area (Å²) in [6, 6.07) is 0. The second-order valence-corrected chi connectivity index (χ2v) is 1.86. The summed E-state index contributed by atoms with van der Waals surface area (Å²) in [5.74, 6) is 0. The molecule has 0 bridgehead atoms. The van der Waals surface area contributed by atoms with E-state index in [9.17, 15) is 4.79 Å². The second-order valence-electron chi connectivity index (χ2n) is 1.64. The monoisotopic (exact) mass is 160 g/mol. The van der Waals surface area contributed by atoms with Crippen LogP contribution in [0.4, 0.5) is 0 Å². The lowest BCUT2D eigenvalue weighted by Gasteiger charge is -2.13. The maximum Gasteiger partial charge on any atom is 0.141 e. The molecule has 0 unspecified atom stereocenters. The van der Waals surface area contributed by atoms with E-state index in [2.05, 4.69) is 11.8 Å². The molecule has 10 heavy (non-hydrogen) atoms. The lowest BCUT2D eigenvalue weighted by molar-refractivity contribution is -0.108. The number of nitrogens with zero attached hydrogens (tertiary/aromatic N) is 2. The average Bonchev–Trinajstić information content (AvgIpc) is 1.99. The summed E-state index contributed by atoms with van der Waals surface area (Å²) in [5, 5.41) is 4.95. The lowest BCUT2D eigenvalue weighted by Crippen LogP contribution is -2.16. The number of carbonyl (C=O) groups is 1. The third-order valence-electron chi connectivity index (χ3n) is 0.983. The van der Waals surface area contributed by atoms with Gasteiger partial charge in [-0.25, -0.2) is 0 Å². The SMILES string of the molecule is C=NN(CC=O)/C(C)=C/Cl. The molecule has 0 amide bonds. The van der Waals surface area contributed by atoms with Gasteiger partial charge in [0.2, 0.25) is 0 Å². The third kappa shape index (κ3) is 2.64. The van der Waals surface area contributed by atoms with Crippen molar-refractivity contribution in [2.24, 2.45) is 5.10 Å². The standard InChI is InChI=1S/C6H9ClN2O/c1-6(5-7)9(8-2)3-4-10/h4-5H,2-3H2,1H3/b6-5+. The van der Waals surface area contributed by atoms with Crippen LogP contribution in [0.1, 0.15) is 6.92 Å². The summed E-state index contributed by atoms with van der Waals surface area (Å²) in [7, 11) is 0. The molecule has 4 heteroatoms. The summed E-state index contributed by atoms with van der Waals surface area (Å²) in [4.78, 5) is 9.99. The number of allylic oxidation sites excluding steroid dienone is 1. The average molecular weight is 161 g/mol. The van der Waals surface area contributed by atoms with Crippen molar-refractivity contribution in [2.75, 3.05) is 6.54 Å². The molecular formula is C6H9ClN2O. The van der Waals surface area contributed by atoms with Gasteiger partial charge in [-0.15, -0.1) is 0 Å². The van der Waals surface area contributed by atoms with Crippen molar-refractivity contribution in [2.45, 2.75) is 6.92 Å². The van der Waals surface area contributed by atoms with Crippen LogP contribution < -0.4 is 0 Å². The Balaban J connectivity index is 4.05. The molecule has 0 aromatic carbocycles. The fourth-order valence-electron chi connectivity index (χ4n) is 0.440. The quantitative estimate of drug-likeness (QED) is 0.352. The zero-order valence-electron chi connectivity index (χ0n) is 5.75. The first-order valence-corrected chi connectivity index (χ1v) is 3.14. The number of hydrogen-bond donors (Lipinski definition) is 0. The molecule has 0 aliphatic carbocycles. The van der Waals surface area contributed by atoms with Gasteiger partial charge in [0, 0.05) is 17.9 Å². The molecule has 0 aromatic heterocycles. The van der Waals surface area contributed by atoms with E-state index in [4.69, 9.17) is 11.6 Å². The van der Waals surface area contributed by atoms with Crippen molar-refractivity contribution >= 4 is 24.6 Å². The van der Waals surface area contributed by atoms with Gasteiger partial charge in [-0.2, -0.15) is 5.10 Å². The first kappa shape index (κ1) is 9.17. The minimum Gasteiger partial charge on any atom is -0.301 e. The van der Waals surface area contributed by atoms with Crippen molar-refractivity contribution < 1.29 is 4.79 Å². The molecule has 3 nitrogen and oxygen atoms in total. The van der Waals surface area contributed by atoms with E-state index in [-0.39, 0.29) is 6.54 Å². The smallest absolute Gasteiger partial charge is 0.141 e. The van der Waals surface area contributed by atoms with Crippen LogP contribution in [0.5, 0.6) is 0 Å². The predicted octanol–water partition coefficient (Wildman–Crippen LogP) is 1.20. The molecule has 0 aromatic rings. The zero-order valence-corrected chi connectivity index (χ0v) is 6.51. The van der Waals surface area contributed by atoms with Crippen LogP contribution in [-0.2, 0) is 4.79 Å². The highest BCUT2D eigenvalue weighted by Crippen LogP contribution is 2.02. The number of carbonyl (C=O) groups excluding carboxylic acids is 1. The molecule has 0 aliphatic heterocycles. The van der Waals surface area contributed by atoms with Gasteiger partial charge in [0.1, 0.15) is 6.29 Å². The molecular weight excluding hydrogens is 152 g/mol. The first-order chi connectivity index (χ1) is 4.76. The normalized spacial score (nSPS) is 10.8. The van der Waals surface area contributed by atoms with E-state index in [1.165, 1.54) is 10.5 Å². The summed E-state index contributed by atoms with van der Waals surface area (Å²) >= 11 is 5.35. The Bertz CT molecular complexity index is 156. The van der Waals surface area contributed by atoms with E-state index in [1.54, 1.807) is 6.92 Å². The van der Waals surface area contributed by atoms with Crippen LogP contribution >= 0.6 is 11.6 Å². The van der Waals surface area contributed by atoms with E-state index >= 15 is 0 Å². The van der Waals surface area contributed by atoms with E-state index < -0.39 is 0 Å². The zero-order chi connectivity index (χ0) is 7.98. The first-order valence-electron chi connectivity index (χ1n) is 2.71. The lowest BCUT2D eigenvalue weighted by atomic mass is 10.5. The van der Waals surface area contributed by atoms with Gasteiger partial charge in [0.25, 0.3) is 0 Å². The topological polar surface area (TPSA) is 32.7 Å². The highest BCUT2D eigenvalue weighted by atomic mass is 35.5. The number of aldehydes is 1. The van der Waals surface area contributed by atoms with Crippen LogP contribution in [0, 0.1) is 0 Å². The van der Waals surface area contributed by atoms with Crippen LogP contribution in [-0.4, -0.2) is 24.6 Å². The second kappa shape index (κ2) is 4.99. The molecule has 0 saturated carbocycles. The van der Waals surface area contributed by atoms with Gasteiger partial charge in [-0.05, 0) is 6.92 Å². The molecule has 0 radical (unpaired) electrons. The minimum absolute atomic E-state index is 0.193. The molecule has 0 fully saturated rings. The summed E-state index contributed by atoms with van der Waals surface area (Å²) in [6.07, 6.45) is 0.735. The van der Waals surface area contributed by atoms with Crippen LogP contribution in [0.3, 0.4) is 0 Å². The molecule has 0 spiro atoms. The molecule has 0 N–H and O–H groups in total. The van der Waals surface area contributed by atoms with E-state index in [0.29, 0.717) is 5.70 Å². The largest absolute Gasteiger partial charge is 0.301 e. The van der Waals surface area contributed by atoms with Crippen LogP contribution in [0.2, 0.25) is 0 Å². The highest BCUT2D eigenvalue weighted by Gasteiger charge is 1.98. The van der Waals surface area contributed by atoms with Gasteiger partial charge in [0.15, 0.2) is 0 Å². The number of hydrazone groups is 1. The molecule has 0 rings (SSSR count). The number of halogens is 1. The van der Waals surface area contributed by atoms with Crippen molar-refractivity contribution in [3.8, 4) is 0 Å². The predicted molar refractivity (Wildman–Crippen MR) is 41.9 cm³/mol. The van der Waals surface area contributed by atoms with Gasteiger partial charge in [0.05, 0.1) is 6.54 Å². The molecule has 0 atom stereocenters.